The number of hydrogen-bond acceptors (Lipinski definition) is 3. The molecule has 0 radical (unpaired) electrons. The van der Waals surface area contributed by atoms with Crippen LogP contribution in [0.2, 0.25) is 0 Å². The van der Waals surface area contributed by atoms with Gasteiger partial charge in [-0.05, 0) is 61.6 Å². The minimum Gasteiger partial charge on any atom is -0.378 e. The predicted molar refractivity (Wildman–Crippen MR) is 132 cm³/mol. The summed E-state index contributed by atoms with van der Waals surface area (Å²) < 4.78 is 0. The van der Waals surface area contributed by atoms with Crippen LogP contribution in [-0.4, -0.2) is 4.98 Å². The molecule has 0 saturated carbocycles. The maximum atomic E-state index is 4.48. The van der Waals surface area contributed by atoms with E-state index in [1.807, 2.05) is 25.3 Å². The molecule has 2 aromatic rings. The lowest BCUT2D eigenvalue weighted by molar-refractivity contribution is 0.663. The lowest BCUT2D eigenvalue weighted by Crippen LogP contribution is -2.18. The Morgan fingerprint density at radius 3 is 2.58 bits per heavy atom. The Morgan fingerprint density at radius 1 is 1.16 bits per heavy atom. The third-order valence-electron chi connectivity index (χ3n) is 5.28. The number of nitrogens with zero attached hydrogens (tertiary/aromatic N) is 1. The number of hydrogen-bond donors (Lipinski definition) is 2. The highest BCUT2D eigenvalue weighted by Gasteiger charge is 2.14. The summed E-state index contributed by atoms with van der Waals surface area (Å²) in [7, 11) is 0. The van der Waals surface area contributed by atoms with E-state index in [1.54, 1.807) is 0 Å². The van der Waals surface area contributed by atoms with Gasteiger partial charge >= 0.3 is 0 Å². The smallest absolute Gasteiger partial charge is 0.130 e. The number of benzene rings is 1. The SMILES string of the molecule is C=C(C)Nc1cc(C2=CC=C(C(=C)NC(C)c3ccccc3)C=C=C2CC)c(C)cn1. The molecule has 1 aromatic heterocycles. The lowest BCUT2D eigenvalue weighted by Gasteiger charge is -2.18. The molecule has 3 heteroatoms. The van der Waals surface area contributed by atoms with Gasteiger partial charge in [-0.25, -0.2) is 4.98 Å². The van der Waals surface area contributed by atoms with Gasteiger partial charge in [-0.2, -0.15) is 0 Å². The summed E-state index contributed by atoms with van der Waals surface area (Å²) in [6.07, 6.45) is 9.09. The van der Waals surface area contributed by atoms with E-state index < -0.39 is 0 Å². The van der Waals surface area contributed by atoms with Crippen molar-refractivity contribution >= 4 is 11.4 Å². The van der Waals surface area contributed by atoms with Crippen LogP contribution in [0, 0.1) is 6.92 Å². The van der Waals surface area contributed by atoms with Gasteiger partial charge in [0.15, 0.2) is 0 Å². The second kappa shape index (κ2) is 9.97. The van der Waals surface area contributed by atoms with E-state index in [0.717, 1.165) is 51.5 Å². The quantitative estimate of drug-likeness (QED) is 0.460. The molecule has 1 heterocycles. The van der Waals surface area contributed by atoms with E-state index in [9.17, 15) is 0 Å². The zero-order valence-corrected chi connectivity index (χ0v) is 18.9. The molecule has 0 spiro atoms. The van der Waals surface area contributed by atoms with E-state index in [0.29, 0.717) is 0 Å². The van der Waals surface area contributed by atoms with Crippen molar-refractivity contribution in [2.75, 3.05) is 5.32 Å². The maximum absolute atomic E-state index is 4.48. The summed E-state index contributed by atoms with van der Waals surface area (Å²) in [6.45, 7) is 16.5. The van der Waals surface area contributed by atoms with E-state index in [1.165, 1.54) is 5.56 Å². The summed E-state index contributed by atoms with van der Waals surface area (Å²) in [6, 6.07) is 12.6. The highest BCUT2D eigenvalue weighted by molar-refractivity contribution is 5.83. The third-order valence-corrected chi connectivity index (χ3v) is 5.28. The first-order valence-corrected chi connectivity index (χ1v) is 10.7. The van der Waals surface area contributed by atoms with Gasteiger partial charge in [0.1, 0.15) is 5.82 Å². The monoisotopic (exact) mass is 409 g/mol. The van der Waals surface area contributed by atoms with E-state index >= 15 is 0 Å². The van der Waals surface area contributed by atoms with Crippen LogP contribution in [0.15, 0.2) is 102 Å². The van der Waals surface area contributed by atoms with Crippen molar-refractivity contribution in [3.05, 3.63) is 119 Å². The normalized spacial score (nSPS) is 14.0. The fourth-order valence-corrected chi connectivity index (χ4v) is 3.57. The molecule has 0 bridgehead atoms. The number of rotatable bonds is 8. The molecule has 1 unspecified atom stereocenters. The van der Waals surface area contributed by atoms with Crippen molar-refractivity contribution in [2.24, 2.45) is 0 Å². The minimum atomic E-state index is 0.169. The van der Waals surface area contributed by atoms with Crippen molar-refractivity contribution in [1.29, 1.82) is 0 Å². The number of allylic oxidation sites excluding steroid dienone is 5. The van der Waals surface area contributed by atoms with Crippen molar-refractivity contribution in [2.45, 2.75) is 40.2 Å². The number of aryl methyl sites for hydroxylation is 1. The van der Waals surface area contributed by atoms with Gasteiger partial charge in [0, 0.05) is 34.8 Å². The number of pyridine rings is 1. The molecule has 2 N–H and O–H groups in total. The molecule has 1 aliphatic carbocycles. The molecule has 1 atom stereocenters. The van der Waals surface area contributed by atoms with Crippen LogP contribution in [0.1, 0.15) is 49.9 Å². The molecule has 158 valence electrons. The van der Waals surface area contributed by atoms with Crippen molar-refractivity contribution in [3.8, 4) is 0 Å². The average Bonchev–Trinajstić information content (AvgIpc) is 2.98. The number of aromatic nitrogens is 1. The van der Waals surface area contributed by atoms with Gasteiger partial charge in [0.2, 0.25) is 0 Å². The van der Waals surface area contributed by atoms with Gasteiger partial charge < -0.3 is 10.6 Å². The van der Waals surface area contributed by atoms with Gasteiger partial charge in [0.05, 0.1) is 0 Å². The molecule has 0 fully saturated rings. The molecule has 1 aromatic carbocycles. The van der Waals surface area contributed by atoms with Gasteiger partial charge in [-0.1, -0.05) is 62.6 Å². The third kappa shape index (κ3) is 5.53. The Balaban J connectivity index is 1.91. The molecule has 0 amide bonds. The summed E-state index contributed by atoms with van der Waals surface area (Å²) in [5.41, 5.74) is 12.1. The maximum Gasteiger partial charge on any atom is 0.130 e. The van der Waals surface area contributed by atoms with Crippen LogP contribution in [0.5, 0.6) is 0 Å². The lowest BCUT2D eigenvalue weighted by atomic mass is 9.94. The Labute approximate surface area is 186 Å². The van der Waals surface area contributed by atoms with E-state index in [4.69, 9.17) is 0 Å². The Bertz CT molecular complexity index is 1110. The summed E-state index contributed by atoms with van der Waals surface area (Å²) in [5, 5.41) is 6.74. The van der Waals surface area contributed by atoms with Crippen molar-refractivity contribution in [1.82, 2.24) is 10.3 Å². The van der Waals surface area contributed by atoms with Gasteiger partial charge in [-0.15, -0.1) is 5.73 Å². The molecule has 0 saturated heterocycles. The summed E-state index contributed by atoms with van der Waals surface area (Å²) in [5.74, 6) is 0.796. The first kappa shape index (κ1) is 22.1. The number of anilines is 1. The Kier molecular flexibility index (Phi) is 7.12. The second-order valence-corrected chi connectivity index (χ2v) is 7.87. The highest BCUT2D eigenvalue weighted by atomic mass is 15.0. The van der Waals surface area contributed by atoms with Crippen molar-refractivity contribution in [3.63, 3.8) is 0 Å². The molecular formula is C28H31N3. The fourth-order valence-electron chi connectivity index (χ4n) is 3.57. The second-order valence-electron chi connectivity index (χ2n) is 7.87. The zero-order chi connectivity index (χ0) is 22.4. The molecule has 0 aliphatic heterocycles. The molecule has 31 heavy (non-hydrogen) atoms. The summed E-state index contributed by atoms with van der Waals surface area (Å²) in [4.78, 5) is 4.48. The average molecular weight is 410 g/mol. The van der Waals surface area contributed by atoms with Crippen LogP contribution in [0.25, 0.3) is 5.57 Å². The van der Waals surface area contributed by atoms with Gasteiger partial charge in [0.25, 0.3) is 0 Å². The van der Waals surface area contributed by atoms with Gasteiger partial charge in [-0.3, -0.25) is 0 Å². The van der Waals surface area contributed by atoms with Crippen LogP contribution in [-0.2, 0) is 0 Å². The zero-order valence-electron chi connectivity index (χ0n) is 18.9. The predicted octanol–water partition coefficient (Wildman–Crippen LogP) is 7.01. The molecule has 3 rings (SSSR count). The number of nitrogens with one attached hydrogen (secondary N) is 2. The van der Waals surface area contributed by atoms with Crippen molar-refractivity contribution < 1.29 is 0 Å². The van der Waals surface area contributed by atoms with E-state index in [-0.39, 0.29) is 6.04 Å². The largest absolute Gasteiger partial charge is 0.378 e. The minimum absolute atomic E-state index is 0.169. The van der Waals surface area contributed by atoms with Crippen LogP contribution >= 0.6 is 0 Å². The topological polar surface area (TPSA) is 37.0 Å². The van der Waals surface area contributed by atoms with Crippen LogP contribution < -0.4 is 10.6 Å². The Hall–Kier alpha value is -3.55. The summed E-state index contributed by atoms with van der Waals surface area (Å²) >= 11 is 0. The standard InChI is InChI=1S/C28H31N3/c1-7-23-13-14-25(22(6)31-21(5)24-11-9-8-10-12-24)15-16-26(23)27-17-28(30-19(2)3)29-18-20(27)4/h8-12,14-18,21,31H,2,6-7H2,1,3-5H3,(H,29,30). The van der Waals surface area contributed by atoms with Crippen LogP contribution in [0.4, 0.5) is 5.82 Å². The molecule has 1 aliphatic rings. The van der Waals surface area contributed by atoms with Crippen LogP contribution in [0.3, 0.4) is 0 Å². The first-order chi connectivity index (χ1) is 14.9. The molecular weight excluding hydrogens is 378 g/mol. The Morgan fingerprint density at radius 2 is 1.90 bits per heavy atom. The highest BCUT2D eigenvalue weighted by Crippen LogP contribution is 2.31. The molecule has 3 nitrogen and oxygen atoms in total. The first-order valence-electron chi connectivity index (χ1n) is 10.7. The fraction of sp³-hybridized carbons (Fsp3) is 0.214. The van der Waals surface area contributed by atoms with E-state index in [2.05, 4.69) is 97.8 Å².